The molecule has 0 atom stereocenters. The summed E-state index contributed by atoms with van der Waals surface area (Å²) in [5.41, 5.74) is -0.319. The third-order valence-corrected chi connectivity index (χ3v) is 4.62. The standard InChI is InChI=1S/C18H18F3NO3/c19-18(20,21)15-3-1-2-14(10-15)17(5-8-24-9-6-17)12-22-16(23)13-4-7-25-11-13/h1-4,7,10-11H,5-6,8-9,12H2,(H,22,23). The molecule has 4 nitrogen and oxygen atoms in total. The number of carbonyl (C=O) groups is 1. The van der Waals surface area contributed by atoms with Crippen molar-refractivity contribution in [1.82, 2.24) is 5.32 Å². The van der Waals surface area contributed by atoms with Crippen LogP contribution in [0.4, 0.5) is 13.2 Å². The minimum Gasteiger partial charge on any atom is -0.472 e. The Kier molecular flexibility index (Phi) is 4.85. The zero-order chi connectivity index (χ0) is 17.9. The molecule has 0 aliphatic carbocycles. The van der Waals surface area contributed by atoms with Crippen LogP contribution in [0.2, 0.25) is 0 Å². The van der Waals surface area contributed by atoms with Crippen LogP contribution in [0.25, 0.3) is 0 Å². The van der Waals surface area contributed by atoms with Gasteiger partial charge in [0.25, 0.3) is 5.91 Å². The van der Waals surface area contributed by atoms with Gasteiger partial charge in [0, 0.05) is 25.2 Å². The second kappa shape index (κ2) is 6.92. The van der Waals surface area contributed by atoms with Gasteiger partial charge in [0.2, 0.25) is 0 Å². The van der Waals surface area contributed by atoms with Crippen LogP contribution in [-0.2, 0) is 16.3 Å². The molecule has 0 bridgehead atoms. The SMILES string of the molecule is O=C(NCC1(c2cccc(C(F)(F)F)c2)CCOCC1)c1ccoc1. The second-order valence-electron chi connectivity index (χ2n) is 6.17. The molecule has 1 amide bonds. The molecule has 1 aliphatic rings. The molecule has 1 saturated heterocycles. The summed E-state index contributed by atoms with van der Waals surface area (Å²) in [6.07, 6.45) is -0.593. The molecule has 1 N–H and O–H groups in total. The van der Waals surface area contributed by atoms with Crippen molar-refractivity contribution >= 4 is 5.91 Å². The van der Waals surface area contributed by atoms with Gasteiger partial charge in [-0.2, -0.15) is 13.2 Å². The summed E-state index contributed by atoms with van der Waals surface area (Å²) in [5, 5.41) is 2.82. The van der Waals surface area contributed by atoms with Gasteiger partial charge in [0.05, 0.1) is 17.4 Å². The molecule has 0 unspecified atom stereocenters. The van der Waals surface area contributed by atoms with E-state index in [2.05, 4.69) is 5.32 Å². The highest BCUT2D eigenvalue weighted by molar-refractivity contribution is 5.93. The van der Waals surface area contributed by atoms with Gasteiger partial charge >= 0.3 is 6.18 Å². The summed E-state index contributed by atoms with van der Waals surface area (Å²) in [4.78, 5) is 12.2. The van der Waals surface area contributed by atoms with Crippen LogP contribution in [0.3, 0.4) is 0 Å². The Hall–Kier alpha value is -2.28. The number of ether oxygens (including phenoxy) is 1. The fourth-order valence-electron chi connectivity index (χ4n) is 3.10. The van der Waals surface area contributed by atoms with Gasteiger partial charge in [-0.15, -0.1) is 0 Å². The fourth-order valence-corrected chi connectivity index (χ4v) is 3.10. The Labute approximate surface area is 143 Å². The topological polar surface area (TPSA) is 51.5 Å². The minimum absolute atomic E-state index is 0.238. The summed E-state index contributed by atoms with van der Waals surface area (Å²) in [6, 6.07) is 6.87. The van der Waals surface area contributed by atoms with E-state index in [-0.39, 0.29) is 12.5 Å². The van der Waals surface area contributed by atoms with Crippen LogP contribution >= 0.6 is 0 Å². The Balaban J connectivity index is 1.85. The predicted molar refractivity (Wildman–Crippen MR) is 84.2 cm³/mol. The molecule has 2 heterocycles. The molecule has 25 heavy (non-hydrogen) atoms. The molecule has 1 fully saturated rings. The maximum absolute atomic E-state index is 13.1. The van der Waals surface area contributed by atoms with Crippen molar-refractivity contribution < 1.29 is 27.1 Å². The monoisotopic (exact) mass is 353 g/mol. The molecule has 134 valence electrons. The summed E-state index contributed by atoms with van der Waals surface area (Å²) in [6.45, 7) is 1.12. The number of carbonyl (C=O) groups excluding carboxylic acids is 1. The molecule has 7 heteroatoms. The number of hydrogen-bond donors (Lipinski definition) is 1. The maximum Gasteiger partial charge on any atom is 0.416 e. The van der Waals surface area contributed by atoms with E-state index in [9.17, 15) is 18.0 Å². The lowest BCUT2D eigenvalue weighted by molar-refractivity contribution is -0.137. The molecular weight excluding hydrogens is 335 g/mol. The summed E-state index contributed by atoms with van der Waals surface area (Å²) in [5.74, 6) is -0.313. The number of nitrogens with one attached hydrogen (secondary N) is 1. The van der Waals surface area contributed by atoms with Crippen molar-refractivity contribution in [2.24, 2.45) is 0 Å². The normalized spacial score (nSPS) is 17.2. The van der Waals surface area contributed by atoms with Gasteiger partial charge in [-0.3, -0.25) is 4.79 Å². The zero-order valence-electron chi connectivity index (χ0n) is 13.4. The Morgan fingerprint density at radius 1 is 1.20 bits per heavy atom. The quantitative estimate of drug-likeness (QED) is 0.910. The van der Waals surface area contributed by atoms with E-state index in [1.54, 1.807) is 6.07 Å². The Morgan fingerprint density at radius 2 is 1.96 bits per heavy atom. The second-order valence-corrected chi connectivity index (χ2v) is 6.17. The smallest absolute Gasteiger partial charge is 0.416 e. The fraction of sp³-hybridized carbons (Fsp3) is 0.389. The van der Waals surface area contributed by atoms with Crippen molar-refractivity contribution in [3.8, 4) is 0 Å². The molecule has 1 aromatic carbocycles. The lowest BCUT2D eigenvalue weighted by atomic mass is 9.73. The average Bonchev–Trinajstić information content (AvgIpc) is 3.15. The van der Waals surface area contributed by atoms with E-state index in [4.69, 9.17) is 9.15 Å². The molecule has 0 spiro atoms. The summed E-state index contributed by atoms with van der Waals surface area (Å²) >= 11 is 0. The van der Waals surface area contributed by atoms with Gasteiger partial charge in [-0.05, 0) is 30.5 Å². The van der Waals surface area contributed by atoms with Crippen LogP contribution in [0.5, 0.6) is 0 Å². The minimum atomic E-state index is -4.40. The van der Waals surface area contributed by atoms with Gasteiger partial charge in [-0.1, -0.05) is 18.2 Å². The third kappa shape index (κ3) is 3.87. The van der Waals surface area contributed by atoms with Crippen molar-refractivity contribution in [1.29, 1.82) is 0 Å². The highest BCUT2D eigenvalue weighted by Gasteiger charge is 2.37. The number of rotatable bonds is 4. The van der Waals surface area contributed by atoms with Gasteiger partial charge in [0.15, 0.2) is 0 Å². The lowest BCUT2D eigenvalue weighted by Gasteiger charge is -2.38. The van der Waals surface area contributed by atoms with Crippen molar-refractivity contribution in [2.75, 3.05) is 19.8 Å². The molecule has 0 radical (unpaired) electrons. The van der Waals surface area contributed by atoms with E-state index >= 15 is 0 Å². The lowest BCUT2D eigenvalue weighted by Crippen LogP contribution is -2.44. The molecule has 2 aromatic rings. The van der Waals surface area contributed by atoms with Crippen LogP contribution in [0, 0.1) is 0 Å². The van der Waals surface area contributed by atoms with E-state index in [1.807, 2.05) is 0 Å². The summed E-state index contributed by atoms with van der Waals surface area (Å²) < 4.78 is 49.4. The third-order valence-electron chi connectivity index (χ3n) is 4.62. The van der Waals surface area contributed by atoms with Crippen molar-refractivity contribution in [3.05, 3.63) is 59.5 Å². The zero-order valence-corrected chi connectivity index (χ0v) is 13.4. The largest absolute Gasteiger partial charge is 0.472 e. The van der Waals surface area contributed by atoms with Gasteiger partial charge < -0.3 is 14.5 Å². The van der Waals surface area contributed by atoms with E-state index in [0.717, 1.165) is 6.07 Å². The number of furan rings is 1. The van der Waals surface area contributed by atoms with Crippen molar-refractivity contribution in [2.45, 2.75) is 24.4 Å². The first-order chi connectivity index (χ1) is 11.9. The van der Waals surface area contributed by atoms with E-state index in [0.29, 0.717) is 37.2 Å². The first-order valence-corrected chi connectivity index (χ1v) is 7.97. The van der Waals surface area contributed by atoms with Crippen molar-refractivity contribution in [3.63, 3.8) is 0 Å². The van der Waals surface area contributed by atoms with Crippen LogP contribution < -0.4 is 5.32 Å². The van der Waals surface area contributed by atoms with Crippen LogP contribution in [0.1, 0.15) is 34.3 Å². The predicted octanol–water partition coefficient (Wildman–Crippen LogP) is 3.78. The molecule has 1 aliphatic heterocycles. The highest BCUT2D eigenvalue weighted by atomic mass is 19.4. The highest BCUT2D eigenvalue weighted by Crippen LogP contribution is 2.37. The average molecular weight is 353 g/mol. The first kappa shape index (κ1) is 17.5. The molecule has 1 aromatic heterocycles. The van der Waals surface area contributed by atoms with E-state index < -0.39 is 17.2 Å². The van der Waals surface area contributed by atoms with Gasteiger partial charge in [-0.25, -0.2) is 0 Å². The molecule has 0 saturated carbocycles. The molecular formula is C18H18F3NO3. The Morgan fingerprint density at radius 3 is 2.60 bits per heavy atom. The number of amides is 1. The number of alkyl halides is 3. The van der Waals surface area contributed by atoms with Gasteiger partial charge in [0.1, 0.15) is 6.26 Å². The molecule has 3 rings (SSSR count). The number of benzene rings is 1. The summed E-state index contributed by atoms with van der Waals surface area (Å²) in [7, 11) is 0. The number of halogens is 3. The number of hydrogen-bond acceptors (Lipinski definition) is 3. The first-order valence-electron chi connectivity index (χ1n) is 7.97. The van der Waals surface area contributed by atoms with Crippen LogP contribution in [-0.4, -0.2) is 25.7 Å². The van der Waals surface area contributed by atoms with E-state index in [1.165, 1.54) is 30.7 Å². The van der Waals surface area contributed by atoms with Crippen LogP contribution in [0.15, 0.2) is 47.3 Å². The maximum atomic E-state index is 13.1. The Bertz CT molecular complexity index is 719.